The van der Waals surface area contributed by atoms with Crippen LogP contribution in [0.3, 0.4) is 0 Å². The summed E-state index contributed by atoms with van der Waals surface area (Å²) >= 11 is 0. The van der Waals surface area contributed by atoms with Crippen molar-refractivity contribution in [3.8, 4) is 0 Å². The minimum Gasteiger partial charge on any atom is -0.353 e. The highest BCUT2D eigenvalue weighted by molar-refractivity contribution is 5.83. The third kappa shape index (κ3) is 3.23. The molecule has 1 aromatic carbocycles. The highest BCUT2D eigenvalue weighted by atomic mass is 19.2. The zero-order valence-electron chi connectivity index (χ0n) is 11.8. The van der Waals surface area contributed by atoms with Gasteiger partial charge in [0.1, 0.15) is 0 Å². The Bertz CT molecular complexity index is 541. The van der Waals surface area contributed by atoms with E-state index >= 15 is 0 Å². The van der Waals surface area contributed by atoms with Gasteiger partial charge in [0, 0.05) is 18.0 Å². The quantitative estimate of drug-likeness (QED) is 0.899. The summed E-state index contributed by atoms with van der Waals surface area (Å²) in [4.78, 5) is 12.2. The molecule has 2 aliphatic carbocycles. The molecule has 0 radical (unpaired) electrons. The van der Waals surface area contributed by atoms with E-state index in [-0.39, 0.29) is 29.8 Å². The molecular weight excluding hydrogens is 274 g/mol. The maximum Gasteiger partial charge on any atom is 0.223 e. The molecule has 0 aromatic heterocycles. The number of nitrogens with one attached hydrogen (secondary N) is 1. The van der Waals surface area contributed by atoms with Gasteiger partial charge in [0.05, 0.1) is 0 Å². The lowest BCUT2D eigenvalue weighted by Gasteiger charge is -2.26. The summed E-state index contributed by atoms with van der Waals surface area (Å²) in [5.74, 6) is -1.75. The van der Waals surface area contributed by atoms with E-state index in [0.29, 0.717) is 12.0 Å². The third-order valence-corrected chi connectivity index (χ3v) is 4.62. The van der Waals surface area contributed by atoms with Crippen LogP contribution in [0.15, 0.2) is 18.2 Å². The first-order chi connectivity index (χ1) is 10.0. The maximum absolute atomic E-state index is 13.2. The largest absolute Gasteiger partial charge is 0.353 e. The van der Waals surface area contributed by atoms with Crippen LogP contribution in [0.5, 0.6) is 0 Å². The molecule has 2 saturated carbocycles. The molecule has 3 rings (SSSR count). The SMILES string of the molecule is NC1CCC(NC(=O)C2CC2c2ccc(F)c(F)c2)CC1. The number of hydrogen-bond donors (Lipinski definition) is 2. The molecule has 2 atom stereocenters. The summed E-state index contributed by atoms with van der Waals surface area (Å²) in [5.41, 5.74) is 6.55. The molecule has 0 heterocycles. The molecule has 2 unspecified atom stereocenters. The number of rotatable bonds is 3. The number of benzene rings is 1. The van der Waals surface area contributed by atoms with E-state index in [9.17, 15) is 13.6 Å². The van der Waals surface area contributed by atoms with Crippen LogP contribution in [0.1, 0.15) is 43.6 Å². The number of halogens is 2. The van der Waals surface area contributed by atoms with Gasteiger partial charge in [0.25, 0.3) is 0 Å². The predicted octanol–water partition coefficient (Wildman–Crippen LogP) is 2.45. The van der Waals surface area contributed by atoms with Crippen molar-refractivity contribution in [1.82, 2.24) is 5.32 Å². The van der Waals surface area contributed by atoms with Crippen molar-refractivity contribution in [2.45, 2.75) is 50.1 Å². The smallest absolute Gasteiger partial charge is 0.223 e. The first kappa shape index (κ1) is 14.4. The molecule has 0 spiro atoms. The summed E-state index contributed by atoms with van der Waals surface area (Å²) < 4.78 is 26.1. The second-order valence-electron chi connectivity index (χ2n) is 6.24. The number of carbonyl (C=O) groups excluding carboxylic acids is 1. The van der Waals surface area contributed by atoms with Gasteiger partial charge in [-0.15, -0.1) is 0 Å². The van der Waals surface area contributed by atoms with E-state index in [4.69, 9.17) is 5.73 Å². The second-order valence-corrected chi connectivity index (χ2v) is 6.24. The molecule has 1 aromatic rings. The summed E-state index contributed by atoms with van der Waals surface area (Å²) in [6, 6.07) is 4.36. The van der Waals surface area contributed by atoms with Crippen LogP contribution in [0.25, 0.3) is 0 Å². The minimum absolute atomic E-state index is 0.0194. The van der Waals surface area contributed by atoms with Crippen molar-refractivity contribution in [1.29, 1.82) is 0 Å². The van der Waals surface area contributed by atoms with Gasteiger partial charge in [-0.25, -0.2) is 8.78 Å². The van der Waals surface area contributed by atoms with E-state index in [1.807, 2.05) is 0 Å². The van der Waals surface area contributed by atoms with Gasteiger partial charge in [-0.05, 0) is 55.7 Å². The Hall–Kier alpha value is -1.49. The summed E-state index contributed by atoms with van der Waals surface area (Å²) in [6.45, 7) is 0. The molecule has 0 aliphatic heterocycles. The van der Waals surface area contributed by atoms with Crippen LogP contribution in [-0.4, -0.2) is 18.0 Å². The summed E-state index contributed by atoms with van der Waals surface area (Å²) in [5, 5.41) is 3.06. The van der Waals surface area contributed by atoms with Crippen molar-refractivity contribution >= 4 is 5.91 Å². The minimum atomic E-state index is -0.848. The highest BCUT2D eigenvalue weighted by Crippen LogP contribution is 2.47. The van der Waals surface area contributed by atoms with Gasteiger partial charge in [-0.3, -0.25) is 4.79 Å². The zero-order chi connectivity index (χ0) is 15.0. The van der Waals surface area contributed by atoms with Crippen LogP contribution in [0, 0.1) is 17.6 Å². The molecular formula is C16H20F2N2O. The van der Waals surface area contributed by atoms with E-state index in [0.717, 1.165) is 31.7 Å². The van der Waals surface area contributed by atoms with Gasteiger partial charge in [0.15, 0.2) is 11.6 Å². The van der Waals surface area contributed by atoms with Gasteiger partial charge < -0.3 is 11.1 Å². The Morgan fingerprint density at radius 2 is 1.86 bits per heavy atom. The van der Waals surface area contributed by atoms with E-state index in [2.05, 4.69) is 5.32 Å². The van der Waals surface area contributed by atoms with Crippen LogP contribution >= 0.6 is 0 Å². The standard InChI is InChI=1S/C16H20F2N2O/c17-14-6-1-9(7-15(14)18)12-8-13(12)16(21)20-11-4-2-10(19)3-5-11/h1,6-7,10-13H,2-5,8,19H2,(H,20,21). The first-order valence-corrected chi connectivity index (χ1v) is 7.55. The predicted molar refractivity (Wildman–Crippen MR) is 75.6 cm³/mol. The van der Waals surface area contributed by atoms with Gasteiger partial charge in [0.2, 0.25) is 5.91 Å². The van der Waals surface area contributed by atoms with Gasteiger partial charge in [-0.1, -0.05) is 6.07 Å². The monoisotopic (exact) mass is 294 g/mol. The number of hydrogen-bond acceptors (Lipinski definition) is 2. The average Bonchev–Trinajstić information content (AvgIpc) is 3.25. The van der Waals surface area contributed by atoms with Crippen molar-refractivity contribution < 1.29 is 13.6 Å². The van der Waals surface area contributed by atoms with Crippen LogP contribution in [0.2, 0.25) is 0 Å². The third-order valence-electron chi connectivity index (χ3n) is 4.62. The zero-order valence-corrected chi connectivity index (χ0v) is 11.8. The fourth-order valence-corrected chi connectivity index (χ4v) is 3.17. The molecule has 0 bridgehead atoms. The topological polar surface area (TPSA) is 55.1 Å². The highest BCUT2D eigenvalue weighted by Gasteiger charge is 2.44. The van der Waals surface area contributed by atoms with E-state index < -0.39 is 11.6 Å². The molecule has 5 heteroatoms. The molecule has 2 fully saturated rings. The van der Waals surface area contributed by atoms with Crippen molar-refractivity contribution in [3.63, 3.8) is 0 Å². The molecule has 3 nitrogen and oxygen atoms in total. The van der Waals surface area contributed by atoms with Crippen molar-refractivity contribution in [2.24, 2.45) is 11.7 Å². The Morgan fingerprint density at radius 1 is 1.14 bits per heavy atom. The van der Waals surface area contributed by atoms with Crippen molar-refractivity contribution in [3.05, 3.63) is 35.4 Å². The molecule has 114 valence electrons. The number of amides is 1. The number of carbonyl (C=O) groups is 1. The molecule has 0 saturated heterocycles. The molecule has 2 aliphatic rings. The Balaban J connectivity index is 1.54. The van der Waals surface area contributed by atoms with Gasteiger partial charge in [-0.2, -0.15) is 0 Å². The Kier molecular flexibility index (Phi) is 3.93. The second kappa shape index (κ2) is 5.72. The summed E-state index contributed by atoms with van der Waals surface area (Å²) in [6.07, 6.45) is 4.46. The lowest BCUT2D eigenvalue weighted by atomic mass is 9.91. The molecule has 3 N–H and O–H groups in total. The molecule has 21 heavy (non-hydrogen) atoms. The van der Waals surface area contributed by atoms with E-state index in [1.54, 1.807) is 6.07 Å². The van der Waals surface area contributed by atoms with Gasteiger partial charge >= 0.3 is 0 Å². The molecule has 1 amide bonds. The normalized spacial score (nSPS) is 31.8. The fourth-order valence-electron chi connectivity index (χ4n) is 3.17. The average molecular weight is 294 g/mol. The number of nitrogens with two attached hydrogens (primary N) is 1. The lowest BCUT2D eigenvalue weighted by molar-refractivity contribution is -0.123. The van der Waals surface area contributed by atoms with Crippen molar-refractivity contribution in [2.75, 3.05) is 0 Å². The maximum atomic E-state index is 13.2. The van der Waals surface area contributed by atoms with Crippen LogP contribution in [-0.2, 0) is 4.79 Å². The Morgan fingerprint density at radius 3 is 2.52 bits per heavy atom. The van der Waals surface area contributed by atoms with E-state index in [1.165, 1.54) is 6.07 Å². The lowest BCUT2D eigenvalue weighted by Crippen LogP contribution is -2.41. The Labute approximate surface area is 122 Å². The summed E-state index contributed by atoms with van der Waals surface area (Å²) in [7, 11) is 0. The van der Waals surface area contributed by atoms with Crippen LogP contribution in [0.4, 0.5) is 8.78 Å². The first-order valence-electron chi connectivity index (χ1n) is 7.55. The van der Waals surface area contributed by atoms with Crippen LogP contribution < -0.4 is 11.1 Å². The fraction of sp³-hybridized carbons (Fsp3) is 0.562.